The van der Waals surface area contributed by atoms with E-state index in [1.807, 2.05) is 73.0 Å². The van der Waals surface area contributed by atoms with Gasteiger partial charge in [-0.05, 0) is 49.2 Å². The number of methoxy groups -OCH3 is 1. The molecule has 0 aliphatic heterocycles. The van der Waals surface area contributed by atoms with E-state index in [-0.39, 0.29) is 17.6 Å². The molecular formula is C23H25N5O2S. The van der Waals surface area contributed by atoms with Crippen LogP contribution in [0, 0.1) is 17.2 Å². The van der Waals surface area contributed by atoms with E-state index in [9.17, 15) is 10.1 Å². The van der Waals surface area contributed by atoms with Crippen LogP contribution in [0.15, 0.2) is 59.8 Å². The number of ether oxygens (including phenoxy) is 1. The molecule has 31 heavy (non-hydrogen) atoms. The summed E-state index contributed by atoms with van der Waals surface area (Å²) >= 11 is 1.28. The van der Waals surface area contributed by atoms with Gasteiger partial charge in [0, 0.05) is 11.3 Å². The van der Waals surface area contributed by atoms with Crippen molar-refractivity contribution in [2.75, 3.05) is 12.9 Å². The Labute approximate surface area is 186 Å². The molecule has 8 heteroatoms. The number of rotatable bonds is 8. The zero-order chi connectivity index (χ0) is 22.4. The van der Waals surface area contributed by atoms with Crippen LogP contribution in [0.2, 0.25) is 0 Å². The molecule has 1 amide bonds. The third kappa shape index (κ3) is 5.06. The van der Waals surface area contributed by atoms with Gasteiger partial charge in [-0.15, -0.1) is 10.2 Å². The van der Waals surface area contributed by atoms with E-state index >= 15 is 0 Å². The Morgan fingerprint density at radius 2 is 1.87 bits per heavy atom. The predicted molar refractivity (Wildman–Crippen MR) is 121 cm³/mol. The first-order valence-electron chi connectivity index (χ1n) is 9.88. The third-order valence-corrected chi connectivity index (χ3v) is 6.04. The van der Waals surface area contributed by atoms with Crippen molar-refractivity contribution in [2.24, 2.45) is 5.92 Å². The summed E-state index contributed by atoms with van der Waals surface area (Å²) in [5.74, 6) is 1.31. The van der Waals surface area contributed by atoms with Crippen LogP contribution in [0.1, 0.15) is 20.8 Å². The quantitative estimate of drug-likeness (QED) is 0.536. The number of aromatic nitrogens is 3. The Hall–Kier alpha value is -3.31. The average molecular weight is 436 g/mol. The molecule has 0 spiro atoms. The van der Waals surface area contributed by atoms with E-state index in [4.69, 9.17) is 4.74 Å². The van der Waals surface area contributed by atoms with Crippen molar-refractivity contribution in [3.05, 3.63) is 54.6 Å². The van der Waals surface area contributed by atoms with Crippen molar-refractivity contribution in [3.63, 3.8) is 0 Å². The zero-order valence-electron chi connectivity index (χ0n) is 18.0. The largest absolute Gasteiger partial charge is 0.497 e. The standard InChI is InChI=1S/C23H25N5O2S/c1-16(2)23(3,15-24)25-20(29)14-31-22-27-26-21(17-10-12-19(30-4)13-11-17)28(22)18-8-6-5-7-9-18/h5-13,16H,14H2,1-4H3,(H,25,29). The van der Waals surface area contributed by atoms with Crippen LogP contribution in [-0.4, -0.2) is 39.1 Å². The highest BCUT2D eigenvalue weighted by atomic mass is 32.2. The molecule has 7 nitrogen and oxygen atoms in total. The van der Waals surface area contributed by atoms with Gasteiger partial charge in [-0.1, -0.05) is 43.8 Å². The SMILES string of the molecule is COc1ccc(-c2nnc(SCC(=O)NC(C)(C#N)C(C)C)n2-c2ccccc2)cc1. The number of carbonyl (C=O) groups is 1. The molecule has 1 aromatic heterocycles. The van der Waals surface area contributed by atoms with Crippen LogP contribution in [0.4, 0.5) is 0 Å². The second kappa shape index (κ2) is 9.67. The summed E-state index contributed by atoms with van der Waals surface area (Å²) in [6.07, 6.45) is 0. The maximum atomic E-state index is 12.5. The lowest BCUT2D eigenvalue weighted by atomic mass is 9.90. The highest BCUT2D eigenvalue weighted by Gasteiger charge is 2.30. The lowest BCUT2D eigenvalue weighted by Crippen LogP contribution is -2.49. The fourth-order valence-electron chi connectivity index (χ4n) is 2.86. The lowest BCUT2D eigenvalue weighted by Gasteiger charge is -2.27. The normalized spacial score (nSPS) is 12.8. The fraction of sp³-hybridized carbons (Fsp3) is 0.304. The smallest absolute Gasteiger partial charge is 0.231 e. The van der Waals surface area contributed by atoms with Gasteiger partial charge in [-0.2, -0.15) is 5.26 Å². The Kier molecular flexibility index (Phi) is 6.98. The topological polar surface area (TPSA) is 92.8 Å². The molecule has 3 aromatic rings. The van der Waals surface area contributed by atoms with Crippen LogP contribution in [0.25, 0.3) is 17.1 Å². The van der Waals surface area contributed by atoms with Crippen molar-refractivity contribution >= 4 is 17.7 Å². The minimum Gasteiger partial charge on any atom is -0.497 e. The van der Waals surface area contributed by atoms with E-state index in [2.05, 4.69) is 21.6 Å². The van der Waals surface area contributed by atoms with E-state index in [0.717, 1.165) is 17.0 Å². The molecular weight excluding hydrogens is 410 g/mol. The highest BCUT2D eigenvalue weighted by molar-refractivity contribution is 7.99. The van der Waals surface area contributed by atoms with Gasteiger partial charge in [0.25, 0.3) is 0 Å². The van der Waals surface area contributed by atoms with Gasteiger partial charge in [0.2, 0.25) is 5.91 Å². The predicted octanol–water partition coefficient (Wildman–Crippen LogP) is 4.09. The van der Waals surface area contributed by atoms with E-state index < -0.39 is 5.54 Å². The molecule has 0 bridgehead atoms. The number of para-hydroxylation sites is 1. The maximum Gasteiger partial charge on any atom is 0.231 e. The van der Waals surface area contributed by atoms with Crippen LogP contribution in [0.3, 0.4) is 0 Å². The lowest BCUT2D eigenvalue weighted by molar-refractivity contribution is -0.120. The van der Waals surface area contributed by atoms with Gasteiger partial charge < -0.3 is 10.1 Å². The minimum atomic E-state index is -0.918. The van der Waals surface area contributed by atoms with Gasteiger partial charge in [-0.3, -0.25) is 9.36 Å². The second-order valence-corrected chi connectivity index (χ2v) is 8.45. The van der Waals surface area contributed by atoms with Gasteiger partial charge in [0.05, 0.1) is 18.9 Å². The van der Waals surface area contributed by atoms with Crippen molar-refractivity contribution in [1.82, 2.24) is 20.1 Å². The number of nitriles is 1. The average Bonchev–Trinajstić information content (AvgIpc) is 3.22. The summed E-state index contributed by atoms with van der Waals surface area (Å²) in [6.45, 7) is 5.54. The molecule has 1 heterocycles. The molecule has 1 N–H and O–H groups in total. The summed E-state index contributed by atoms with van der Waals surface area (Å²) in [5, 5.41) is 21.6. The van der Waals surface area contributed by atoms with Gasteiger partial charge >= 0.3 is 0 Å². The van der Waals surface area contributed by atoms with Crippen molar-refractivity contribution < 1.29 is 9.53 Å². The number of hydrogen-bond donors (Lipinski definition) is 1. The van der Waals surface area contributed by atoms with Crippen LogP contribution < -0.4 is 10.1 Å². The molecule has 2 aromatic carbocycles. The maximum absolute atomic E-state index is 12.5. The summed E-state index contributed by atoms with van der Waals surface area (Å²) < 4.78 is 7.16. The molecule has 0 aliphatic rings. The zero-order valence-corrected chi connectivity index (χ0v) is 18.8. The van der Waals surface area contributed by atoms with E-state index in [1.165, 1.54) is 11.8 Å². The molecule has 3 rings (SSSR count). The Morgan fingerprint density at radius 1 is 1.19 bits per heavy atom. The summed E-state index contributed by atoms with van der Waals surface area (Å²) in [5.41, 5.74) is 0.856. The highest BCUT2D eigenvalue weighted by Crippen LogP contribution is 2.29. The Balaban J connectivity index is 1.88. The van der Waals surface area contributed by atoms with E-state index in [0.29, 0.717) is 11.0 Å². The number of amides is 1. The minimum absolute atomic E-state index is 0.0129. The molecule has 1 unspecified atom stereocenters. The second-order valence-electron chi connectivity index (χ2n) is 7.51. The summed E-state index contributed by atoms with van der Waals surface area (Å²) in [7, 11) is 1.62. The van der Waals surface area contributed by atoms with Crippen LogP contribution in [-0.2, 0) is 4.79 Å². The molecule has 0 radical (unpaired) electrons. The number of benzene rings is 2. The summed E-state index contributed by atoms with van der Waals surface area (Å²) in [4.78, 5) is 12.5. The first-order chi connectivity index (χ1) is 14.9. The van der Waals surface area contributed by atoms with Crippen molar-refractivity contribution in [3.8, 4) is 28.9 Å². The van der Waals surface area contributed by atoms with Gasteiger partial charge in [0.1, 0.15) is 11.3 Å². The van der Waals surface area contributed by atoms with Crippen molar-refractivity contribution in [2.45, 2.75) is 31.5 Å². The third-order valence-electron chi connectivity index (χ3n) is 5.11. The first kappa shape index (κ1) is 22.4. The Bertz CT molecular complexity index is 1070. The van der Waals surface area contributed by atoms with Crippen molar-refractivity contribution in [1.29, 1.82) is 5.26 Å². The fourth-order valence-corrected chi connectivity index (χ4v) is 3.61. The number of nitrogens with one attached hydrogen (secondary N) is 1. The molecule has 1 atom stereocenters. The van der Waals surface area contributed by atoms with Gasteiger partial charge in [-0.25, -0.2) is 0 Å². The molecule has 0 fully saturated rings. The molecule has 0 aliphatic carbocycles. The Morgan fingerprint density at radius 3 is 2.45 bits per heavy atom. The molecule has 160 valence electrons. The number of nitrogens with zero attached hydrogens (tertiary/aromatic N) is 4. The summed E-state index contributed by atoms with van der Waals surface area (Å²) in [6, 6.07) is 19.5. The van der Waals surface area contributed by atoms with E-state index in [1.54, 1.807) is 14.0 Å². The molecule has 0 saturated heterocycles. The van der Waals surface area contributed by atoms with Crippen LogP contribution in [0.5, 0.6) is 5.75 Å². The number of thioether (sulfide) groups is 1. The monoisotopic (exact) mass is 435 g/mol. The molecule has 0 saturated carbocycles. The van der Waals surface area contributed by atoms with Gasteiger partial charge in [0.15, 0.2) is 11.0 Å². The van der Waals surface area contributed by atoms with Crippen LogP contribution >= 0.6 is 11.8 Å². The first-order valence-corrected chi connectivity index (χ1v) is 10.9. The number of carbonyl (C=O) groups excluding carboxylic acids is 1. The number of hydrogen-bond acceptors (Lipinski definition) is 6.